The second kappa shape index (κ2) is 68.3. The highest BCUT2D eigenvalue weighted by atomic mass is 16.5. The van der Waals surface area contributed by atoms with Crippen molar-refractivity contribution in [3.05, 3.63) is 124 Å². The molecule has 7 rings (SSSR count). The monoisotopic (exact) mass is 1030 g/mol. The number of ether oxygens (including phenoxy) is 8. The molecule has 7 saturated carbocycles. The first-order chi connectivity index (χ1) is 34.4. The molecule has 0 aliphatic heterocycles. The third-order valence-corrected chi connectivity index (χ3v) is 10.5. The Hall–Kier alpha value is -3.72. The van der Waals surface area contributed by atoms with E-state index in [1.165, 1.54) is 114 Å². The summed E-state index contributed by atoms with van der Waals surface area (Å²) in [4.78, 5) is 0. The smallest absolute Gasteiger partial charge is 0.0853 e. The Balaban J connectivity index is -0.000000103. The predicted octanol–water partition coefficient (Wildman–Crippen LogP) is 20.2. The van der Waals surface area contributed by atoms with Gasteiger partial charge in [-0.3, -0.25) is 0 Å². The molecule has 0 spiro atoms. The Morgan fingerprint density at radius 1 is 0.644 bits per heavy atom. The van der Waals surface area contributed by atoms with E-state index in [1.807, 2.05) is 47.6 Å². The largest absolute Gasteiger partial charge is 0.505 e. The van der Waals surface area contributed by atoms with Gasteiger partial charge in [0.15, 0.2) is 0 Å². The van der Waals surface area contributed by atoms with Crippen LogP contribution in [0.3, 0.4) is 0 Å². The molecular weight excluding hydrogens is 909 g/mol. The standard InChI is InChI=1S/2C5H10.C5H8.C5H10.3C5H8.C4H10O.2C4H8O.C4H10O.C4H8O.C4H6O.C3H8O.C3H6O/c1-5(2)3-4-5;2*1-4-3-5(4)2;4*1-2-5-3-4-5;3*1-4(2)5-3;3*1-3-5-4-2;2*1-3-4-2/h3-4H2,1-2H3;4-5H,3H2,1-2H3;5H,1,3H2,2H3;5H,2-4H2,1H3;2*2H,3-4H2,1H3;2,5H,1,3-4H2;4H,1-3H3;2*1H2,2-3H3;3-4H2,1-2H3;3H,1,4H2,2H3;3-4H,1-2H2;3H2,1-2H3;3H,1H2,2H3. The van der Waals surface area contributed by atoms with Crippen LogP contribution < -0.4 is 0 Å². The maximum absolute atomic E-state index is 4.83. The van der Waals surface area contributed by atoms with E-state index in [9.17, 15) is 0 Å². The van der Waals surface area contributed by atoms with E-state index in [2.05, 4.69) is 149 Å². The van der Waals surface area contributed by atoms with E-state index >= 15 is 0 Å². The molecule has 0 aromatic rings. The van der Waals surface area contributed by atoms with Gasteiger partial charge >= 0.3 is 0 Å². The highest BCUT2D eigenvalue weighted by Gasteiger charge is 2.30. The number of rotatable bonds is 13. The molecule has 8 heteroatoms. The maximum Gasteiger partial charge on any atom is 0.0853 e. The Bertz CT molecular complexity index is 1200. The third kappa shape index (κ3) is 134. The second-order valence-corrected chi connectivity index (χ2v) is 18.9. The van der Waals surface area contributed by atoms with Gasteiger partial charge < -0.3 is 37.9 Å². The molecule has 0 N–H and O–H groups in total. The van der Waals surface area contributed by atoms with Gasteiger partial charge in [0.2, 0.25) is 0 Å². The minimum Gasteiger partial charge on any atom is -0.505 e. The fraction of sp³-hybridized carbons (Fsp3) is 0.692. The van der Waals surface area contributed by atoms with Gasteiger partial charge in [0, 0.05) is 34.0 Å². The molecule has 0 aromatic heterocycles. The molecule has 8 nitrogen and oxygen atoms in total. The molecule has 0 radical (unpaired) electrons. The summed E-state index contributed by atoms with van der Waals surface area (Å²) in [5.41, 5.74) is 5.43. The quantitative estimate of drug-likeness (QED) is 0.133. The second-order valence-electron chi connectivity index (χ2n) is 18.9. The van der Waals surface area contributed by atoms with Crippen LogP contribution >= 0.6 is 0 Å². The van der Waals surface area contributed by atoms with Gasteiger partial charge in [-0.1, -0.05) is 142 Å². The first-order valence-corrected chi connectivity index (χ1v) is 27.2. The van der Waals surface area contributed by atoms with Crippen LogP contribution in [0.4, 0.5) is 0 Å². The van der Waals surface area contributed by atoms with Crippen molar-refractivity contribution in [1.29, 1.82) is 0 Å². The molecule has 0 aromatic carbocycles. The van der Waals surface area contributed by atoms with Crippen LogP contribution in [0.15, 0.2) is 124 Å². The fourth-order valence-electron chi connectivity index (χ4n) is 3.06. The summed E-state index contributed by atoms with van der Waals surface area (Å²) >= 11 is 0. The Morgan fingerprint density at radius 2 is 0.959 bits per heavy atom. The molecule has 7 aliphatic carbocycles. The van der Waals surface area contributed by atoms with Crippen molar-refractivity contribution in [3.8, 4) is 0 Å². The number of hydrogen-bond donors (Lipinski definition) is 0. The average molecular weight is 1040 g/mol. The van der Waals surface area contributed by atoms with Crippen LogP contribution in [0.5, 0.6) is 0 Å². The summed E-state index contributed by atoms with van der Waals surface area (Å²) in [6, 6.07) is 0. The van der Waals surface area contributed by atoms with E-state index in [4.69, 9.17) is 9.47 Å². The summed E-state index contributed by atoms with van der Waals surface area (Å²) in [6.45, 7) is 63.9. The zero-order valence-electron chi connectivity index (χ0n) is 52.4. The molecule has 0 heterocycles. The van der Waals surface area contributed by atoms with Gasteiger partial charge in [-0.05, 0) is 168 Å². The molecule has 7 aliphatic rings. The topological polar surface area (TPSA) is 73.8 Å². The van der Waals surface area contributed by atoms with Crippen molar-refractivity contribution >= 4 is 0 Å². The maximum atomic E-state index is 4.83. The lowest BCUT2D eigenvalue weighted by molar-refractivity contribution is 0.134. The van der Waals surface area contributed by atoms with Crippen LogP contribution in [0.2, 0.25) is 0 Å². The summed E-state index contributed by atoms with van der Waals surface area (Å²) < 4.78 is 36.5. The van der Waals surface area contributed by atoms with Crippen LogP contribution in [0.1, 0.15) is 194 Å². The summed E-state index contributed by atoms with van der Waals surface area (Å²) in [6.07, 6.45) is 30.6. The van der Waals surface area contributed by atoms with E-state index in [1.54, 1.807) is 60.5 Å². The fourth-order valence-corrected chi connectivity index (χ4v) is 3.06. The van der Waals surface area contributed by atoms with Crippen LogP contribution in [-0.4, -0.2) is 68.1 Å². The summed E-state index contributed by atoms with van der Waals surface area (Å²) in [7, 11) is 8.14. The molecular formula is C65H126O8. The molecule has 0 saturated heterocycles. The van der Waals surface area contributed by atoms with Crippen molar-refractivity contribution < 1.29 is 37.9 Å². The first kappa shape index (κ1) is 86.0. The minimum absolute atomic E-state index is 0.384. The molecule has 0 amide bonds. The molecule has 73 heavy (non-hydrogen) atoms. The lowest BCUT2D eigenvalue weighted by Gasteiger charge is -1.94. The average Bonchev–Trinajstić information content (AvgIpc) is 4.17. The van der Waals surface area contributed by atoms with Crippen molar-refractivity contribution in [2.24, 2.45) is 35.0 Å². The molecule has 3 unspecified atom stereocenters. The SMILES string of the molecule is C=C(C)OC.C=C(C)OC.C=C1CC1C.C=CC1CC1.C=COC.C=COC=C.C=COCC.CC1(C)CC1.CC1CC1C.CC=C1CC1.CC=C1CC1.CCC1CC1.CCOC.CCOCC.COC(C)C. The van der Waals surface area contributed by atoms with Gasteiger partial charge in [0.05, 0.1) is 70.6 Å². The van der Waals surface area contributed by atoms with E-state index in [0.29, 0.717) is 6.10 Å². The van der Waals surface area contributed by atoms with Gasteiger partial charge in [-0.15, -0.1) is 6.58 Å². The van der Waals surface area contributed by atoms with Gasteiger partial charge in [-0.2, -0.15) is 0 Å². The van der Waals surface area contributed by atoms with Crippen LogP contribution in [0, 0.1) is 35.0 Å². The Kier molecular flexibility index (Phi) is 80.5. The van der Waals surface area contributed by atoms with E-state index in [-0.39, 0.29) is 0 Å². The van der Waals surface area contributed by atoms with Crippen molar-refractivity contribution in [3.63, 3.8) is 0 Å². The number of methoxy groups -OCH3 is 5. The van der Waals surface area contributed by atoms with E-state index in [0.717, 1.165) is 73.0 Å². The lowest BCUT2D eigenvalue weighted by atomic mass is 10.2. The van der Waals surface area contributed by atoms with Gasteiger partial charge in [0.1, 0.15) is 0 Å². The Labute approximate surface area is 457 Å². The molecule has 0 bridgehead atoms. The third-order valence-electron chi connectivity index (χ3n) is 10.5. The number of hydrogen-bond acceptors (Lipinski definition) is 8. The van der Waals surface area contributed by atoms with Crippen LogP contribution in [-0.2, 0) is 37.9 Å². The highest BCUT2D eigenvalue weighted by Crippen LogP contribution is 2.43. The lowest BCUT2D eigenvalue weighted by Crippen LogP contribution is -1.94. The normalized spacial score (nSPS) is 17.2. The van der Waals surface area contributed by atoms with Crippen molar-refractivity contribution in [2.75, 3.05) is 62.0 Å². The zero-order valence-corrected chi connectivity index (χ0v) is 52.4. The summed E-state index contributed by atoms with van der Waals surface area (Å²) in [5, 5.41) is 0. The first-order valence-electron chi connectivity index (χ1n) is 27.2. The van der Waals surface area contributed by atoms with E-state index < -0.39 is 0 Å². The van der Waals surface area contributed by atoms with Crippen LogP contribution in [0.25, 0.3) is 0 Å². The number of allylic oxidation sites excluding steroid dienone is 8. The minimum atomic E-state index is 0.384. The summed E-state index contributed by atoms with van der Waals surface area (Å²) in [5.74, 6) is 6.50. The molecule has 3 atom stereocenters. The van der Waals surface area contributed by atoms with Gasteiger partial charge in [-0.25, -0.2) is 0 Å². The Morgan fingerprint density at radius 3 is 0.959 bits per heavy atom. The zero-order chi connectivity index (χ0) is 58.5. The molecule has 434 valence electrons. The van der Waals surface area contributed by atoms with Crippen molar-refractivity contribution in [2.45, 2.75) is 200 Å². The van der Waals surface area contributed by atoms with Crippen molar-refractivity contribution in [1.82, 2.24) is 0 Å². The molecule has 7 fully saturated rings. The highest BCUT2D eigenvalue weighted by molar-refractivity contribution is 5.16. The van der Waals surface area contributed by atoms with Gasteiger partial charge in [0.25, 0.3) is 0 Å². The predicted molar refractivity (Wildman–Crippen MR) is 327 cm³/mol.